The summed E-state index contributed by atoms with van der Waals surface area (Å²) in [5, 5.41) is 11.0. The van der Waals surface area contributed by atoms with Gasteiger partial charge in [-0.2, -0.15) is 13.2 Å². The summed E-state index contributed by atoms with van der Waals surface area (Å²) >= 11 is 0. The number of hydrogen-bond acceptors (Lipinski definition) is 3. The van der Waals surface area contributed by atoms with Crippen LogP contribution in [0.1, 0.15) is 11.1 Å². The van der Waals surface area contributed by atoms with Crippen LogP contribution in [0.15, 0.2) is 53.6 Å². The van der Waals surface area contributed by atoms with Crippen LogP contribution in [0.3, 0.4) is 0 Å². The van der Waals surface area contributed by atoms with E-state index in [4.69, 9.17) is 5.11 Å². The number of fused-ring (bicyclic) bond motifs is 1. The van der Waals surface area contributed by atoms with Gasteiger partial charge in [-0.3, -0.25) is 14.7 Å². The van der Waals surface area contributed by atoms with E-state index in [1.54, 1.807) is 0 Å². The minimum atomic E-state index is -4.47. The summed E-state index contributed by atoms with van der Waals surface area (Å²) in [5.41, 5.74) is -0.443. The number of carboxylic acid groups (broad SMARTS) is 1. The largest absolute Gasteiger partial charge is 0.465 e. The Hall–Kier alpha value is -3.36. The standard InChI is InChI=1S/C17H12F3N3O3/c18-17(19,20)11-3-1-2-10(6-11)8-23-9-21-14-5-4-12(22-16(25)26)7-13(14)15(23)24/h1-7,9,22H,8H2,(H,25,26). The Labute approximate surface area is 144 Å². The lowest BCUT2D eigenvalue weighted by molar-refractivity contribution is -0.137. The molecular formula is C17H12F3N3O3. The first-order chi connectivity index (χ1) is 12.2. The average Bonchev–Trinajstić information content (AvgIpc) is 2.57. The highest BCUT2D eigenvalue weighted by Crippen LogP contribution is 2.29. The Morgan fingerprint density at radius 3 is 2.65 bits per heavy atom. The van der Waals surface area contributed by atoms with Crippen LogP contribution in [0.4, 0.5) is 23.7 Å². The second kappa shape index (κ2) is 6.51. The monoisotopic (exact) mass is 363 g/mol. The summed E-state index contributed by atoms with van der Waals surface area (Å²) in [6, 6.07) is 8.95. The predicted molar refractivity (Wildman–Crippen MR) is 88.2 cm³/mol. The van der Waals surface area contributed by atoms with Crippen molar-refractivity contribution in [3.63, 3.8) is 0 Å². The van der Waals surface area contributed by atoms with Crippen molar-refractivity contribution in [2.75, 3.05) is 5.32 Å². The summed E-state index contributed by atoms with van der Waals surface area (Å²) in [6.45, 7) is -0.0950. The van der Waals surface area contributed by atoms with Crippen molar-refractivity contribution in [2.24, 2.45) is 0 Å². The summed E-state index contributed by atoms with van der Waals surface area (Å²) in [4.78, 5) is 27.4. The summed E-state index contributed by atoms with van der Waals surface area (Å²) in [6.07, 6.45) is -4.51. The summed E-state index contributed by atoms with van der Waals surface area (Å²) < 4.78 is 39.6. The second-order valence-electron chi connectivity index (χ2n) is 5.54. The maximum atomic E-state index is 12.8. The molecule has 6 nitrogen and oxygen atoms in total. The Kier molecular flexibility index (Phi) is 4.37. The van der Waals surface area contributed by atoms with Crippen molar-refractivity contribution < 1.29 is 23.1 Å². The van der Waals surface area contributed by atoms with Gasteiger partial charge in [0, 0.05) is 5.69 Å². The Morgan fingerprint density at radius 1 is 1.19 bits per heavy atom. The lowest BCUT2D eigenvalue weighted by Gasteiger charge is -2.11. The van der Waals surface area contributed by atoms with E-state index in [0.717, 1.165) is 12.1 Å². The van der Waals surface area contributed by atoms with Crippen LogP contribution in [-0.2, 0) is 12.7 Å². The van der Waals surface area contributed by atoms with Gasteiger partial charge in [0.1, 0.15) is 0 Å². The van der Waals surface area contributed by atoms with E-state index in [9.17, 15) is 22.8 Å². The van der Waals surface area contributed by atoms with Crippen molar-refractivity contribution in [1.82, 2.24) is 9.55 Å². The number of benzene rings is 2. The van der Waals surface area contributed by atoms with Crippen molar-refractivity contribution >= 4 is 22.7 Å². The highest BCUT2D eigenvalue weighted by molar-refractivity contribution is 5.88. The number of amides is 1. The fraction of sp³-hybridized carbons (Fsp3) is 0.118. The lowest BCUT2D eigenvalue weighted by Crippen LogP contribution is -2.21. The zero-order chi connectivity index (χ0) is 18.9. The van der Waals surface area contributed by atoms with Crippen LogP contribution in [0.2, 0.25) is 0 Å². The first-order valence-electron chi connectivity index (χ1n) is 7.39. The zero-order valence-electron chi connectivity index (χ0n) is 13.1. The summed E-state index contributed by atoms with van der Waals surface area (Å²) in [5.74, 6) is 0. The third-order valence-electron chi connectivity index (χ3n) is 3.68. The van der Waals surface area contributed by atoms with Crippen LogP contribution in [-0.4, -0.2) is 20.8 Å². The molecule has 0 bridgehead atoms. The van der Waals surface area contributed by atoms with Crippen molar-refractivity contribution in [3.8, 4) is 0 Å². The first-order valence-corrected chi connectivity index (χ1v) is 7.39. The number of anilines is 1. The maximum Gasteiger partial charge on any atom is 0.416 e. The van der Waals surface area contributed by atoms with E-state index < -0.39 is 23.4 Å². The van der Waals surface area contributed by atoms with Crippen LogP contribution in [0.5, 0.6) is 0 Å². The smallest absolute Gasteiger partial charge is 0.416 e. The molecule has 1 heterocycles. The topological polar surface area (TPSA) is 84.2 Å². The molecule has 0 radical (unpaired) electrons. The molecule has 9 heteroatoms. The maximum absolute atomic E-state index is 12.8. The van der Waals surface area contributed by atoms with E-state index >= 15 is 0 Å². The van der Waals surface area contributed by atoms with Crippen LogP contribution < -0.4 is 10.9 Å². The molecule has 0 atom stereocenters. The number of nitrogens with one attached hydrogen (secondary N) is 1. The average molecular weight is 363 g/mol. The SMILES string of the molecule is O=C(O)Nc1ccc2ncn(Cc3cccc(C(F)(F)F)c3)c(=O)c2c1. The molecule has 2 aromatic carbocycles. The van der Waals surface area contributed by atoms with Gasteiger partial charge in [-0.15, -0.1) is 0 Å². The number of nitrogens with zero attached hydrogens (tertiary/aromatic N) is 2. The highest BCUT2D eigenvalue weighted by atomic mass is 19.4. The van der Waals surface area contributed by atoms with E-state index in [-0.39, 0.29) is 17.6 Å². The number of carbonyl (C=O) groups is 1. The van der Waals surface area contributed by atoms with Crippen molar-refractivity contribution in [1.29, 1.82) is 0 Å². The fourth-order valence-electron chi connectivity index (χ4n) is 2.52. The quantitative estimate of drug-likeness (QED) is 0.745. The van der Waals surface area contributed by atoms with E-state index in [0.29, 0.717) is 11.1 Å². The molecule has 0 fully saturated rings. The first kappa shape index (κ1) is 17.5. The van der Waals surface area contributed by atoms with Crippen LogP contribution in [0, 0.1) is 0 Å². The molecule has 1 aromatic heterocycles. The number of halogens is 3. The van der Waals surface area contributed by atoms with Gasteiger partial charge in [0.15, 0.2) is 0 Å². The normalized spacial score (nSPS) is 11.5. The molecule has 0 aliphatic heterocycles. The summed E-state index contributed by atoms with van der Waals surface area (Å²) in [7, 11) is 0. The van der Waals surface area contributed by atoms with Crippen molar-refractivity contribution in [2.45, 2.75) is 12.7 Å². The Balaban J connectivity index is 1.99. The Bertz CT molecular complexity index is 1040. The van der Waals surface area contributed by atoms with Gasteiger partial charge < -0.3 is 5.11 Å². The number of rotatable bonds is 3. The van der Waals surface area contributed by atoms with Gasteiger partial charge in [-0.05, 0) is 35.9 Å². The number of aromatic nitrogens is 2. The molecule has 0 spiro atoms. The third-order valence-corrected chi connectivity index (χ3v) is 3.68. The van der Waals surface area contributed by atoms with Crippen LogP contribution in [0.25, 0.3) is 10.9 Å². The minimum Gasteiger partial charge on any atom is -0.465 e. The van der Waals surface area contributed by atoms with E-state index in [2.05, 4.69) is 10.3 Å². The van der Waals surface area contributed by atoms with Crippen molar-refractivity contribution in [3.05, 3.63) is 70.3 Å². The van der Waals surface area contributed by atoms with Gasteiger partial charge in [-0.1, -0.05) is 12.1 Å². The van der Waals surface area contributed by atoms with Gasteiger partial charge in [-0.25, -0.2) is 9.78 Å². The molecule has 0 aliphatic rings. The molecule has 0 unspecified atom stereocenters. The molecular weight excluding hydrogens is 351 g/mol. The molecule has 0 saturated heterocycles. The van der Waals surface area contributed by atoms with Gasteiger partial charge in [0.2, 0.25) is 0 Å². The van der Waals surface area contributed by atoms with Gasteiger partial charge >= 0.3 is 12.3 Å². The molecule has 3 aromatic rings. The molecule has 0 saturated carbocycles. The lowest BCUT2D eigenvalue weighted by atomic mass is 10.1. The Morgan fingerprint density at radius 2 is 1.96 bits per heavy atom. The number of alkyl halides is 3. The molecule has 2 N–H and O–H groups in total. The zero-order valence-corrected chi connectivity index (χ0v) is 13.1. The molecule has 134 valence electrons. The van der Waals surface area contributed by atoms with Gasteiger partial charge in [0.25, 0.3) is 5.56 Å². The highest BCUT2D eigenvalue weighted by Gasteiger charge is 2.30. The fourth-order valence-corrected chi connectivity index (χ4v) is 2.52. The molecule has 26 heavy (non-hydrogen) atoms. The minimum absolute atomic E-state index is 0.0950. The molecule has 3 rings (SSSR count). The molecule has 1 amide bonds. The second-order valence-corrected chi connectivity index (χ2v) is 5.54. The predicted octanol–water partition coefficient (Wildman–Crippen LogP) is 3.55. The molecule has 0 aliphatic carbocycles. The third kappa shape index (κ3) is 3.66. The number of hydrogen-bond donors (Lipinski definition) is 2. The van der Waals surface area contributed by atoms with E-state index in [1.807, 2.05) is 0 Å². The van der Waals surface area contributed by atoms with Crippen LogP contribution >= 0.6 is 0 Å². The van der Waals surface area contributed by atoms with Gasteiger partial charge in [0.05, 0.1) is 29.3 Å². The van der Waals surface area contributed by atoms with E-state index in [1.165, 1.54) is 41.2 Å².